The summed E-state index contributed by atoms with van der Waals surface area (Å²) in [4.78, 5) is 1.16. The highest BCUT2D eigenvalue weighted by Gasteiger charge is 1.94. The Balaban J connectivity index is 2.78. The van der Waals surface area contributed by atoms with Crippen LogP contribution in [0, 0.1) is 0 Å². The molecule has 0 N–H and O–H groups in total. The van der Waals surface area contributed by atoms with Crippen molar-refractivity contribution in [1.82, 2.24) is 0 Å². The van der Waals surface area contributed by atoms with Crippen LogP contribution >= 0.6 is 34.5 Å². The van der Waals surface area contributed by atoms with Crippen LogP contribution in [0.3, 0.4) is 0 Å². The molecule has 11 heavy (non-hydrogen) atoms. The highest BCUT2D eigenvalue weighted by atomic mass is 35.5. The van der Waals surface area contributed by atoms with Gasteiger partial charge >= 0.3 is 0 Å². The first-order valence-corrected chi connectivity index (χ1v) is 4.94. The molecule has 0 radical (unpaired) electrons. The number of thiophene rings is 1. The SMILES string of the molecule is CC(=Cc1ccc(Cl)s1)CCl. The third-order valence-electron chi connectivity index (χ3n) is 1.19. The minimum Gasteiger partial charge on any atom is -0.124 e. The zero-order chi connectivity index (χ0) is 8.27. The van der Waals surface area contributed by atoms with Crippen LogP contribution in [0.2, 0.25) is 4.34 Å². The Hall–Kier alpha value is 0.0200. The summed E-state index contributed by atoms with van der Waals surface area (Å²) < 4.78 is 0.818. The fourth-order valence-electron chi connectivity index (χ4n) is 0.687. The summed E-state index contributed by atoms with van der Waals surface area (Å²) in [7, 11) is 0. The lowest BCUT2D eigenvalue weighted by Gasteiger charge is -1.89. The lowest BCUT2D eigenvalue weighted by atomic mass is 10.3. The second kappa shape index (κ2) is 4.15. The van der Waals surface area contributed by atoms with E-state index >= 15 is 0 Å². The smallest absolute Gasteiger partial charge is 0.0934 e. The first-order chi connectivity index (χ1) is 5.22. The summed E-state index contributed by atoms with van der Waals surface area (Å²) in [5, 5.41) is 0. The van der Waals surface area contributed by atoms with Gasteiger partial charge in [0.2, 0.25) is 0 Å². The number of hydrogen-bond donors (Lipinski definition) is 0. The fraction of sp³-hybridized carbons (Fsp3) is 0.250. The van der Waals surface area contributed by atoms with Gasteiger partial charge in [-0.2, -0.15) is 0 Å². The topological polar surface area (TPSA) is 0 Å². The molecule has 0 saturated carbocycles. The summed E-state index contributed by atoms with van der Waals surface area (Å²) in [6, 6.07) is 3.88. The van der Waals surface area contributed by atoms with Crippen molar-refractivity contribution in [3.63, 3.8) is 0 Å². The molecule has 1 aromatic heterocycles. The highest BCUT2D eigenvalue weighted by Crippen LogP contribution is 2.23. The molecule has 3 heteroatoms. The normalized spacial score (nSPS) is 12.1. The molecule has 0 saturated heterocycles. The molecule has 1 aromatic rings. The lowest BCUT2D eigenvalue weighted by molar-refractivity contribution is 1.44. The number of halogens is 2. The molecule has 1 rings (SSSR count). The van der Waals surface area contributed by atoms with E-state index in [1.165, 1.54) is 0 Å². The zero-order valence-electron chi connectivity index (χ0n) is 6.10. The largest absolute Gasteiger partial charge is 0.124 e. The Labute approximate surface area is 80.4 Å². The van der Waals surface area contributed by atoms with E-state index in [0.717, 1.165) is 14.8 Å². The Bertz CT molecular complexity index is 263. The molecule has 60 valence electrons. The monoisotopic (exact) mass is 206 g/mol. The molecule has 0 bridgehead atoms. The van der Waals surface area contributed by atoms with Crippen molar-refractivity contribution in [3.05, 3.63) is 26.9 Å². The van der Waals surface area contributed by atoms with Gasteiger partial charge in [0.1, 0.15) is 0 Å². The molecule has 0 aromatic carbocycles. The van der Waals surface area contributed by atoms with Crippen molar-refractivity contribution in [2.45, 2.75) is 6.92 Å². The molecule has 0 aliphatic rings. The summed E-state index contributed by atoms with van der Waals surface area (Å²) >= 11 is 12.9. The maximum atomic E-state index is 5.74. The fourth-order valence-corrected chi connectivity index (χ4v) is 1.85. The number of alkyl halides is 1. The van der Waals surface area contributed by atoms with Crippen molar-refractivity contribution in [3.8, 4) is 0 Å². The van der Waals surface area contributed by atoms with Gasteiger partial charge in [0, 0.05) is 10.8 Å². The van der Waals surface area contributed by atoms with Crippen LogP contribution in [-0.2, 0) is 0 Å². The summed E-state index contributed by atoms with van der Waals surface area (Å²) in [5.74, 6) is 0.579. The van der Waals surface area contributed by atoms with Gasteiger partial charge in [0.25, 0.3) is 0 Å². The number of hydrogen-bond acceptors (Lipinski definition) is 1. The van der Waals surface area contributed by atoms with Crippen LogP contribution in [-0.4, -0.2) is 5.88 Å². The van der Waals surface area contributed by atoms with Crippen molar-refractivity contribution in [2.75, 3.05) is 5.88 Å². The maximum absolute atomic E-state index is 5.74. The highest BCUT2D eigenvalue weighted by molar-refractivity contribution is 7.17. The van der Waals surface area contributed by atoms with E-state index in [1.54, 1.807) is 11.3 Å². The first kappa shape index (κ1) is 9.11. The summed E-state index contributed by atoms with van der Waals surface area (Å²) in [6.07, 6.45) is 2.05. The van der Waals surface area contributed by atoms with Gasteiger partial charge < -0.3 is 0 Å². The molecule has 0 atom stereocenters. The van der Waals surface area contributed by atoms with E-state index < -0.39 is 0 Å². The molecular weight excluding hydrogens is 199 g/mol. The third kappa shape index (κ3) is 2.86. The van der Waals surface area contributed by atoms with Crippen molar-refractivity contribution in [2.24, 2.45) is 0 Å². The predicted molar refractivity (Wildman–Crippen MR) is 53.7 cm³/mol. The van der Waals surface area contributed by atoms with Gasteiger partial charge in [-0.05, 0) is 25.1 Å². The van der Waals surface area contributed by atoms with Gasteiger partial charge in [-0.25, -0.2) is 0 Å². The van der Waals surface area contributed by atoms with Crippen LogP contribution in [0.15, 0.2) is 17.7 Å². The van der Waals surface area contributed by atoms with E-state index in [9.17, 15) is 0 Å². The Kier molecular flexibility index (Phi) is 3.44. The van der Waals surface area contributed by atoms with Gasteiger partial charge in [0.05, 0.1) is 4.34 Å². The molecule has 0 nitrogen and oxygen atoms in total. The van der Waals surface area contributed by atoms with Crippen LogP contribution in [0.1, 0.15) is 11.8 Å². The van der Waals surface area contributed by atoms with Crippen molar-refractivity contribution < 1.29 is 0 Å². The van der Waals surface area contributed by atoms with Gasteiger partial charge in [-0.3, -0.25) is 0 Å². The predicted octanol–water partition coefficient (Wildman–Crippen LogP) is 4.04. The Morgan fingerprint density at radius 2 is 2.36 bits per heavy atom. The third-order valence-corrected chi connectivity index (χ3v) is 2.79. The Morgan fingerprint density at radius 1 is 1.64 bits per heavy atom. The van der Waals surface area contributed by atoms with Gasteiger partial charge in [0.15, 0.2) is 0 Å². The molecule has 0 aliphatic carbocycles. The summed E-state index contributed by atoms with van der Waals surface area (Å²) in [6.45, 7) is 2.00. The van der Waals surface area contributed by atoms with E-state index in [4.69, 9.17) is 23.2 Å². The number of rotatable bonds is 2. The maximum Gasteiger partial charge on any atom is 0.0934 e. The van der Waals surface area contributed by atoms with Crippen molar-refractivity contribution in [1.29, 1.82) is 0 Å². The van der Waals surface area contributed by atoms with Crippen LogP contribution in [0.25, 0.3) is 6.08 Å². The van der Waals surface area contributed by atoms with E-state index in [2.05, 4.69) is 0 Å². The van der Waals surface area contributed by atoms with Crippen LogP contribution in [0.4, 0.5) is 0 Å². The minimum absolute atomic E-state index is 0.579. The van der Waals surface area contributed by atoms with Gasteiger partial charge in [-0.15, -0.1) is 22.9 Å². The van der Waals surface area contributed by atoms with Crippen LogP contribution in [0.5, 0.6) is 0 Å². The van der Waals surface area contributed by atoms with Crippen LogP contribution < -0.4 is 0 Å². The average molecular weight is 207 g/mol. The summed E-state index contributed by atoms with van der Waals surface area (Å²) in [5.41, 5.74) is 1.16. The van der Waals surface area contributed by atoms with E-state index in [0.29, 0.717) is 5.88 Å². The lowest BCUT2D eigenvalue weighted by Crippen LogP contribution is -1.73. The average Bonchev–Trinajstić information content (AvgIpc) is 2.35. The molecule has 1 heterocycles. The zero-order valence-corrected chi connectivity index (χ0v) is 8.43. The molecule has 0 fully saturated rings. The quantitative estimate of drug-likeness (QED) is 0.642. The van der Waals surface area contributed by atoms with Crippen molar-refractivity contribution >= 4 is 40.6 Å². The van der Waals surface area contributed by atoms with Gasteiger partial charge in [-0.1, -0.05) is 17.2 Å². The second-order valence-corrected chi connectivity index (χ2v) is 4.28. The van der Waals surface area contributed by atoms with E-state index in [1.807, 2.05) is 25.1 Å². The minimum atomic E-state index is 0.579. The second-order valence-electron chi connectivity index (χ2n) is 2.27. The molecule has 0 unspecified atom stereocenters. The Morgan fingerprint density at radius 3 is 2.82 bits per heavy atom. The molecule has 0 aliphatic heterocycles. The standard InChI is InChI=1S/C8H8Cl2S/c1-6(5-9)4-7-2-3-8(10)11-7/h2-4H,5H2,1H3. The molecular formula is C8H8Cl2S. The number of allylic oxidation sites excluding steroid dienone is 1. The molecule has 0 amide bonds. The van der Waals surface area contributed by atoms with E-state index in [-0.39, 0.29) is 0 Å². The first-order valence-electron chi connectivity index (χ1n) is 3.21. The molecule has 0 spiro atoms.